The molecule has 0 aliphatic carbocycles. The summed E-state index contributed by atoms with van der Waals surface area (Å²) in [6.07, 6.45) is 63.1. The zero-order valence-electron chi connectivity index (χ0n) is 44.2. The van der Waals surface area contributed by atoms with Crippen LogP contribution in [0.2, 0.25) is 0 Å². The lowest BCUT2D eigenvalue weighted by Gasteiger charge is -2.24. The fourth-order valence-electron chi connectivity index (χ4n) is 7.90. The minimum absolute atomic E-state index is 0.0887. The molecule has 0 aromatic heterocycles. The van der Waals surface area contributed by atoms with Gasteiger partial charge in [-0.05, 0) is 51.4 Å². The van der Waals surface area contributed by atoms with E-state index in [1.54, 1.807) is 0 Å². The lowest BCUT2D eigenvalue weighted by atomic mass is 10.0. The third-order valence-electron chi connectivity index (χ3n) is 12.2. The molecule has 2 atom stereocenters. The molecule has 8 nitrogen and oxygen atoms in total. The average Bonchev–Trinajstić information content (AvgIpc) is 3.28. The van der Waals surface area contributed by atoms with Crippen molar-refractivity contribution >= 4 is 13.8 Å². The van der Waals surface area contributed by atoms with Crippen molar-refractivity contribution in [1.29, 1.82) is 0 Å². The molecule has 0 radical (unpaired) electrons. The fourth-order valence-corrected chi connectivity index (χ4v) is 8.64. The molecule has 0 rings (SSSR count). The van der Waals surface area contributed by atoms with Crippen LogP contribution in [0.5, 0.6) is 0 Å². The first-order chi connectivity index (χ1) is 32.1. The van der Waals surface area contributed by atoms with Gasteiger partial charge in [0.25, 0.3) is 0 Å². The molecule has 0 amide bonds. The first-order valence-corrected chi connectivity index (χ1v) is 29.4. The number of likely N-dealkylation sites (N-methyl/N-ethyl adjacent to an activating group) is 1. The van der Waals surface area contributed by atoms with Crippen molar-refractivity contribution in [2.75, 3.05) is 54.1 Å². The third kappa shape index (κ3) is 53.4. The molecule has 0 saturated heterocycles. The minimum atomic E-state index is -4.28. The molecule has 0 aliphatic rings. The summed E-state index contributed by atoms with van der Waals surface area (Å²) in [5.41, 5.74) is 0. The molecule has 0 heterocycles. The molecule has 0 saturated carbocycles. The Morgan fingerprint density at radius 3 is 1.32 bits per heavy atom. The van der Waals surface area contributed by atoms with Crippen molar-refractivity contribution in [3.63, 3.8) is 0 Å². The molecule has 0 spiro atoms. The number of hydrogen-bond donors (Lipinski definition) is 1. The largest absolute Gasteiger partial charge is 0.472 e. The van der Waals surface area contributed by atoms with Gasteiger partial charge < -0.3 is 18.9 Å². The third-order valence-corrected chi connectivity index (χ3v) is 13.1. The highest BCUT2D eigenvalue weighted by molar-refractivity contribution is 7.47. The maximum Gasteiger partial charge on any atom is 0.472 e. The number of ether oxygens (including phenoxy) is 2. The van der Waals surface area contributed by atoms with E-state index in [-0.39, 0.29) is 25.8 Å². The number of hydrogen-bond acceptors (Lipinski definition) is 6. The van der Waals surface area contributed by atoms with Crippen LogP contribution in [-0.2, 0) is 27.9 Å². The predicted molar refractivity (Wildman–Crippen MR) is 284 cm³/mol. The van der Waals surface area contributed by atoms with Crippen molar-refractivity contribution < 1.29 is 37.3 Å². The van der Waals surface area contributed by atoms with Crippen LogP contribution in [0.4, 0.5) is 0 Å². The smallest absolute Gasteiger partial charge is 0.457 e. The maximum atomic E-state index is 12.8. The van der Waals surface area contributed by atoms with Crippen LogP contribution >= 0.6 is 7.82 Å². The van der Waals surface area contributed by atoms with E-state index in [0.717, 1.165) is 57.8 Å². The Morgan fingerprint density at radius 2 is 0.879 bits per heavy atom. The van der Waals surface area contributed by atoms with Gasteiger partial charge in [-0.2, -0.15) is 0 Å². The second-order valence-electron chi connectivity index (χ2n) is 19.9. The monoisotopic (exact) mass is 951 g/mol. The molecule has 0 aliphatic heterocycles. The van der Waals surface area contributed by atoms with Gasteiger partial charge in [-0.3, -0.25) is 13.8 Å². The Hall–Kier alpha value is -1.54. The maximum absolute atomic E-state index is 12.8. The van der Waals surface area contributed by atoms with E-state index in [0.29, 0.717) is 24.1 Å². The van der Waals surface area contributed by atoms with Gasteiger partial charge in [0.1, 0.15) is 19.3 Å². The first-order valence-electron chi connectivity index (χ1n) is 27.9. The van der Waals surface area contributed by atoms with Crippen LogP contribution in [0.3, 0.4) is 0 Å². The Balaban J connectivity index is 4.07. The van der Waals surface area contributed by atoms with E-state index in [1.165, 1.54) is 173 Å². The van der Waals surface area contributed by atoms with Crippen molar-refractivity contribution in [2.45, 2.75) is 258 Å². The number of carbonyl (C=O) groups is 1. The SMILES string of the molecule is CC/C=C\C/C=C\C/C=C\C/C=C\CCCCCCCCCCCCCOCC(COP(=O)(O)OCC[N+](C)(C)C)OC(=O)CCCCCCCCCCCCCCCCCCCCCC. The predicted octanol–water partition coefficient (Wildman–Crippen LogP) is 17.5. The van der Waals surface area contributed by atoms with Gasteiger partial charge in [0.15, 0.2) is 0 Å². The number of carbonyl (C=O) groups excluding carboxylic acids is 1. The minimum Gasteiger partial charge on any atom is -0.457 e. The molecular formula is C57H109NO7P+. The summed E-state index contributed by atoms with van der Waals surface area (Å²) in [5.74, 6) is -0.310. The number of nitrogens with zero attached hydrogens (tertiary/aromatic N) is 1. The van der Waals surface area contributed by atoms with Gasteiger partial charge in [0, 0.05) is 13.0 Å². The van der Waals surface area contributed by atoms with Crippen LogP contribution in [0.25, 0.3) is 0 Å². The van der Waals surface area contributed by atoms with Crippen molar-refractivity contribution in [1.82, 2.24) is 0 Å². The van der Waals surface area contributed by atoms with E-state index < -0.39 is 13.9 Å². The Kier molecular flexibility index (Phi) is 48.7. The number of phosphoric ester groups is 1. The van der Waals surface area contributed by atoms with E-state index >= 15 is 0 Å². The number of unbranched alkanes of at least 4 members (excludes halogenated alkanes) is 30. The first kappa shape index (κ1) is 64.5. The molecule has 1 N–H and O–H groups in total. The van der Waals surface area contributed by atoms with Crippen molar-refractivity contribution in [3.05, 3.63) is 48.6 Å². The summed E-state index contributed by atoms with van der Waals surface area (Å²) in [5, 5.41) is 0. The summed E-state index contributed by atoms with van der Waals surface area (Å²) >= 11 is 0. The number of quaternary nitrogens is 1. The van der Waals surface area contributed by atoms with Crippen LogP contribution < -0.4 is 0 Å². The Bertz CT molecular complexity index is 1200. The lowest BCUT2D eigenvalue weighted by molar-refractivity contribution is -0.870. The quantitative estimate of drug-likeness (QED) is 0.0213. The van der Waals surface area contributed by atoms with E-state index in [1.807, 2.05) is 21.1 Å². The normalized spacial score (nSPS) is 13.8. The number of rotatable bonds is 52. The van der Waals surface area contributed by atoms with Gasteiger partial charge in [-0.25, -0.2) is 4.57 Å². The number of phosphoric acid groups is 1. The van der Waals surface area contributed by atoms with Gasteiger partial charge in [0.2, 0.25) is 0 Å². The molecule has 0 bridgehead atoms. The highest BCUT2D eigenvalue weighted by atomic mass is 31.2. The second kappa shape index (κ2) is 49.9. The molecule has 388 valence electrons. The van der Waals surface area contributed by atoms with E-state index in [9.17, 15) is 14.3 Å². The highest BCUT2D eigenvalue weighted by Crippen LogP contribution is 2.43. The van der Waals surface area contributed by atoms with Crippen LogP contribution in [0.15, 0.2) is 48.6 Å². The highest BCUT2D eigenvalue weighted by Gasteiger charge is 2.26. The Morgan fingerprint density at radius 1 is 0.485 bits per heavy atom. The lowest BCUT2D eigenvalue weighted by Crippen LogP contribution is -2.37. The second-order valence-corrected chi connectivity index (χ2v) is 21.4. The molecule has 2 unspecified atom stereocenters. The molecule has 0 aromatic carbocycles. The zero-order valence-corrected chi connectivity index (χ0v) is 45.1. The van der Waals surface area contributed by atoms with Gasteiger partial charge in [0.05, 0.1) is 34.4 Å². The summed E-state index contributed by atoms with van der Waals surface area (Å²) in [6.45, 7) is 5.55. The van der Waals surface area contributed by atoms with Gasteiger partial charge in [-0.15, -0.1) is 0 Å². The summed E-state index contributed by atoms with van der Waals surface area (Å²) in [6, 6.07) is 0. The topological polar surface area (TPSA) is 91.3 Å². The van der Waals surface area contributed by atoms with Crippen LogP contribution in [0.1, 0.15) is 251 Å². The number of esters is 1. The van der Waals surface area contributed by atoms with Crippen LogP contribution in [0, 0.1) is 0 Å². The standard InChI is InChI=1S/C57H108NO7P/c1-6-8-10-12-14-16-18-20-22-24-26-28-29-30-31-33-35-37-39-41-43-45-47-49-52-62-54-56(55-64-66(60,61)63-53-51-58(3,4)5)65-57(59)50-48-46-44-42-40-38-36-34-32-27-25-23-21-19-17-15-13-11-9-7-2/h8,10,14,16,20,22,26,28,56H,6-7,9,11-13,15,17-19,21,23-25,27,29-55H2,1-5H3/p+1/b10-8-,16-14-,22-20-,28-26-. The molecule has 0 fully saturated rings. The summed E-state index contributed by atoms with van der Waals surface area (Å²) in [7, 11) is 1.67. The molecular weight excluding hydrogens is 842 g/mol. The molecule has 0 aromatic rings. The fraction of sp³-hybridized carbons (Fsp3) is 0.842. The summed E-state index contributed by atoms with van der Waals surface area (Å²) in [4.78, 5) is 23.1. The van der Waals surface area contributed by atoms with Gasteiger partial charge >= 0.3 is 13.8 Å². The number of allylic oxidation sites excluding steroid dienone is 8. The average molecular weight is 951 g/mol. The van der Waals surface area contributed by atoms with Gasteiger partial charge in [-0.1, -0.05) is 242 Å². The zero-order chi connectivity index (χ0) is 48.3. The van der Waals surface area contributed by atoms with Crippen molar-refractivity contribution in [2.24, 2.45) is 0 Å². The molecule has 9 heteroatoms. The van der Waals surface area contributed by atoms with Crippen molar-refractivity contribution in [3.8, 4) is 0 Å². The van der Waals surface area contributed by atoms with E-state index in [4.69, 9.17) is 18.5 Å². The summed E-state index contributed by atoms with van der Waals surface area (Å²) < 4.78 is 35.2. The van der Waals surface area contributed by atoms with E-state index in [2.05, 4.69) is 62.5 Å². The molecule has 66 heavy (non-hydrogen) atoms. The van der Waals surface area contributed by atoms with Crippen LogP contribution in [-0.4, -0.2) is 75.6 Å². The Labute approximate surface area is 409 Å².